The van der Waals surface area contributed by atoms with Crippen molar-refractivity contribution in [3.63, 3.8) is 0 Å². The van der Waals surface area contributed by atoms with E-state index in [1.54, 1.807) is 7.11 Å². The largest absolute Gasteiger partial charge is 0.496 e. The second-order valence-electron chi connectivity index (χ2n) is 7.91. The van der Waals surface area contributed by atoms with E-state index in [-0.39, 0.29) is 18.1 Å². The zero-order valence-electron chi connectivity index (χ0n) is 17.2. The maximum Gasteiger partial charge on any atom is 0.257 e. The fraction of sp³-hybridized carbons (Fsp3) is 0.435. The van der Waals surface area contributed by atoms with Crippen LogP contribution in [0.2, 0.25) is 0 Å². The van der Waals surface area contributed by atoms with Gasteiger partial charge in [-0.25, -0.2) is 9.97 Å². The Morgan fingerprint density at radius 2 is 1.97 bits per heavy atom. The predicted molar refractivity (Wildman–Crippen MR) is 113 cm³/mol. The SMILES string of the molecule is COc1ccccc1C(=O)N1CCC(n2c([C@H]3CCCO3)nc3cccnc32)CC1. The van der Waals surface area contributed by atoms with E-state index in [0.717, 1.165) is 49.3 Å². The molecule has 0 N–H and O–H groups in total. The number of fused-ring (bicyclic) bond motifs is 1. The van der Waals surface area contributed by atoms with Crippen molar-refractivity contribution in [2.75, 3.05) is 26.8 Å². The summed E-state index contributed by atoms with van der Waals surface area (Å²) in [6.45, 7) is 2.17. The van der Waals surface area contributed by atoms with Crippen molar-refractivity contribution in [3.05, 3.63) is 54.0 Å². The summed E-state index contributed by atoms with van der Waals surface area (Å²) in [7, 11) is 1.60. The van der Waals surface area contributed by atoms with Gasteiger partial charge in [0.25, 0.3) is 5.91 Å². The van der Waals surface area contributed by atoms with Crippen molar-refractivity contribution in [2.24, 2.45) is 0 Å². The molecule has 1 atom stereocenters. The molecule has 2 fully saturated rings. The Balaban J connectivity index is 1.39. The minimum atomic E-state index is 0.0267. The first-order chi connectivity index (χ1) is 14.8. The van der Waals surface area contributed by atoms with Gasteiger partial charge in [-0.05, 0) is 49.9 Å². The summed E-state index contributed by atoms with van der Waals surface area (Å²) >= 11 is 0. The Labute approximate surface area is 175 Å². The van der Waals surface area contributed by atoms with Crippen LogP contribution in [0, 0.1) is 0 Å². The maximum absolute atomic E-state index is 13.1. The van der Waals surface area contributed by atoms with Crippen LogP contribution in [0.3, 0.4) is 0 Å². The third kappa shape index (κ3) is 3.33. The molecule has 5 rings (SSSR count). The molecule has 1 amide bonds. The van der Waals surface area contributed by atoms with Crippen LogP contribution in [0.25, 0.3) is 11.2 Å². The Morgan fingerprint density at radius 3 is 2.73 bits per heavy atom. The Hall–Kier alpha value is -2.93. The monoisotopic (exact) mass is 406 g/mol. The van der Waals surface area contributed by atoms with Crippen molar-refractivity contribution >= 4 is 17.1 Å². The van der Waals surface area contributed by atoms with Crippen molar-refractivity contribution < 1.29 is 14.3 Å². The van der Waals surface area contributed by atoms with Crippen LogP contribution in [0.15, 0.2) is 42.6 Å². The molecule has 0 unspecified atom stereocenters. The minimum absolute atomic E-state index is 0.0267. The molecule has 2 saturated heterocycles. The lowest BCUT2D eigenvalue weighted by atomic mass is 10.0. The summed E-state index contributed by atoms with van der Waals surface area (Å²) in [4.78, 5) is 24.5. The van der Waals surface area contributed by atoms with Gasteiger partial charge in [0, 0.05) is 31.9 Å². The average molecular weight is 406 g/mol. The number of carbonyl (C=O) groups is 1. The van der Waals surface area contributed by atoms with Crippen LogP contribution < -0.4 is 4.74 Å². The van der Waals surface area contributed by atoms with Crippen LogP contribution >= 0.6 is 0 Å². The number of methoxy groups -OCH3 is 1. The number of likely N-dealkylation sites (tertiary alicyclic amines) is 1. The highest BCUT2D eigenvalue weighted by Crippen LogP contribution is 2.35. The molecular formula is C23H26N4O3. The first-order valence-corrected chi connectivity index (χ1v) is 10.6. The lowest BCUT2D eigenvalue weighted by Gasteiger charge is -2.34. The van der Waals surface area contributed by atoms with E-state index in [2.05, 4.69) is 9.55 Å². The number of amides is 1. The second-order valence-corrected chi connectivity index (χ2v) is 7.91. The number of hydrogen-bond donors (Lipinski definition) is 0. The molecule has 4 heterocycles. The number of imidazole rings is 1. The molecule has 3 aromatic rings. The summed E-state index contributed by atoms with van der Waals surface area (Å²) in [5.41, 5.74) is 2.45. The van der Waals surface area contributed by atoms with Crippen molar-refractivity contribution in [1.82, 2.24) is 19.4 Å². The highest BCUT2D eigenvalue weighted by atomic mass is 16.5. The van der Waals surface area contributed by atoms with Crippen molar-refractivity contribution in [1.29, 1.82) is 0 Å². The summed E-state index contributed by atoms with van der Waals surface area (Å²) in [6, 6.07) is 11.6. The number of rotatable bonds is 4. The first-order valence-electron chi connectivity index (χ1n) is 10.6. The molecule has 30 heavy (non-hydrogen) atoms. The highest BCUT2D eigenvalue weighted by molar-refractivity contribution is 5.97. The summed E-state index contributed by atoms with van der Waals surface area (Å²) < 4.78 is 13.6. The average Bonchev–Trinajstić information content (AvgIpc) is 3.46. The van der Waals surface area contributed by atoms with Gasteiger partial charge in [0.2, 0.25) is 0 Å². The maximum atomic E-state index is 13.1. The fourth-order valence-electron chi connectivity index (χ4n) is 4.63. The van der Waals surface area contributed by atoms with Crippen LogP contribution in [0.4, 0.5) is 0 Å². The van der Waals surface area contributed by atoms with E-state index in [0.29, 0.717) is 24.4 Å². The van der Waals surface area contributed by atoms with E-state index in [9.17, 15) is 4.79 Å². The zero-order chi connectivity index (χ0) is 20.5. The molecule has 0 radical (unpaired) electrons. The predicted octanol–water partition coefficient (Wildman–Crippen LogP) is 3.77. The topological polar surface area (TPSA) is 69.5 Å². The molecule has 2 aromatic heterocycles. The van der Waals surface area contributed by atoms with Crippen molar-refractivity contribution in [3.8, 4) is 5.75 Å². The number of nitrogens with zero attached hydrogens (tertiary/aromatic N) is 4. The number of benzene rings is 1. The number of pyridine rings is 1. The van der Waals surface area contributed by atoms with Gasteiger partial charge in [-0.15, -0.1) is 0 Å². The molecule has 2 aliphatic heterocycles. The molecular weight excluding hydrogens is 380 g/mol. The summed E-state index contributed by atoms with van der Waals surface area (Å²) in [5.74, 6) is 1.63. The molecule has 0 aliphatic carbocycles. The van der Waals surface area contributed by atoms with Gasteiger partial charge < -0.3 is 18.9 Å². The third-order valence-corrected chi connectivity index (χ3v) is 6.15. The number of aromatic nitrogens is 3. The zero-order valence-corrected chi connectivity index (χ0v) is 17.2. The molecule has 1 aromatic carbocycles. The van der Waals surface area contributed by atoms with E-state index in [1.165, 1.54) is 0 Å². The van der Waals surface area contributed by atoms with Crippen LogP contribution in [0.5, 0.6) is 5.75 Å². The third-order valence-electron chi connectivity index (χ3n) is 6.15. The molecule has 0 saturated carbocycles. The molecule has 7 nitrogen and oxygen atoms in total. The molecule has 156 valence electrons. The van der Waals surface area contributed by atoms with Gasteiger partial charge >= 0.3 is 0 Å². The molecule has 7 heteroatoms. The number of carbonyl (C=O) groups excluding carboxylic acids is 1. The molecule has 0 spiro atoms. The van der Waals surface area contributed by atoms with Gasteiger partial charge in [-0.2, -0.15) is 0 Å². The van der Waals surface area contributed by atoms with Crippen LogP contribution in [-0.4, -0.2) is 52.1 Å². The number of ether oxygens (including phenoxy) is 2. The van der Waals surface area contributed by atoms with Gasteiger partial charge in [-0.1, -0.05) is 12.1 Å². The van der Waals surface area contributed by atoms with Crippen molar-refractivity contribution in [2.45, 2.75) is 37.8 Å². The van der Waals surface area contributed by atoms with Gasteiger partial charge in [0.15, 0.2) is 5.65 Å². The van der Waals surface area contributed by atoms with Gasteiger partial charge in [0.05, 0.1) is 12.7 Å². The fourth-order valence-corrected chi connectivity index (χ4v) is 4.63. The van der Waals surface area contributed by atoms with Gasteiger partial charge in [-0.3, -0.25) is 4.79 Å². The first kappa shape index (κ1) is 19.1. The minimum Gasteiger partial charge on any atom is -0.496 e. The number of para-hydroxylation sites is 1. The highest BCUT2D eigenvalue weighted by Gasteiger charge is 2.32. The number of hydrogen-bond acceptors (Lipinski definition) is 5. The Bertz CT molecular complexity index is 1050. The Kier molecular flexibility index (Phi) is 5.12. The van der Waals surface area contributed by atoms with E-state index >= 15 is 0 Å². The molecule has 2 aliphatic rings. The smallest absolute Gasteiger partial charge is 0.257 e. The molecule has 0 bridgehead atoms. The van der Waals surface area contributed by atoms with Crippen LogP contribution in [0.1, 0.15) is 54.0 Å². The van der Waals surface area contributed by atoms with E-state index in [1.807, 2.05) is 47.5 Å². The van der Waals surface area contributed by atoms with E-state index < -0.39 is 0 Å². The second kappa shape index (κ2) is 8.07. The lowest BCUT2D eigenvalue weighted by Crippen LogP contribution is -2.39. The standard InChI is InChI=1S/C23H26N4O3/c1-29-19-8-3-2-6-17(19)23(28)26-13-10-16(11-14-26)27-21-18(7-4-12-24-21)25-22(27)20-9-5-15-30-20/h2-4,6-8,12,16,20H,5,9-11,13-15H2,1H3/t20-/m1/s1. The normalized spacial score (nSPS) is 20.0. The summed E-state index contributed by atoms with van der Waals surface area (Å²) in [6.07, 6.45) is 5.64. The number of piperidine rings is 1. The quantitative estimate of drug-likeness (QED) is 0.660. The van der Waals surface area contributed by atoms with Gasteiger partial charge in [0.1, 0.15) is 23.2 Å². The summed E-state index contributed by atoms with van der Waals surface area (Å²) in [5, 5.41) is 0. The lowest BCUT2D eigenvalue weighted by molar-refractivity contribution is 0.0678. The Morgan fingerprint density at radius 1 is 1.13 bits per heavy atom. The van der Waals surface area contributed by atoms with E-state index in [4.69, 9.17) is 14.5 Å². The van der Waals surface area contributed by atoms with Crippen LogP contribution in [-0.2, 0) is 4.74 Å².